The van der Waals surface area contributed by atoms with Crippen LogP contribution < -0.4 is 0 Å². The van der Waals surface area contributed by atoms with Gasteiger partial charge in [-0.2, -0.15) is 0 Å². The Kier molecular flexibility index (Phi) is 4.78. The number of carbonyl (C=O) groups excluding carboxylic acids is 1. The number of unbranched alkanes of at least 4 members (excludes halogenated alkanes) is 1. The first kappa shape index (κ1) is 15.1. The van der Waals surface area contributed by atoms with Gasteiger partial charge in [0.05, 0.1) is 18.7 Å². The van der Waals surface area contributed by atoms with Crippen LogP contribution in [0.3, 0.4) is 0 Å². The normalized spacial score (nSPS) is 23.8. The van der Waals surface area contributed by atoms with Gasteiger partial charge in [-0.05, 0) is 12.0 Å². The minimum Gasteiger partial charge on any atom is -0.449 e. The van der Waals surface area contributed by atoms with Crippen molar-refractivity contribution in [3.05, 3.63) is 48.0 Å². The summed E-state index contributed by atoms with van der Waals surface area (Å²) in [5.41, 5.74) is 1.32. The Morgan fingerprint density at radius 1 is 1.18 bits per heavy atom. The van der Waals surface area contributed by atoms with Crippen LogP contribution in [-0.2, 0) is 11.3 Å². The highest BCUT2D eigenvalue weighted by Gasteiger charge is 2.39. The molecule has 2 aliphatic heterocycles. The number of piperazine rings is 1. The van der Waals surface area contributed by atoms with E-state index >= 15 is 0 Å². The zero-order valence-corrected chi connectivity index (χ0v) is 13.1. The minimum absolute atomic E-state index is 0.150. The van der Waals surface area contributed by atoms with Crippen molar-refractivity contribution in [3.63, 3.8) is 0 Å². The van der Waals surface area contributed by atoms with Crippen molar-refractivity contribution in [1.82, 2.24) is 9.80 Å². The molecule has 0 aromatic heterocycles. The molecular formula is C18H24N2O2. The molecule has 1 amide bonds. The summed E-state index contributed by atoms with van der Waals surface area (Å²) in [7, 11) is 0. The van der Waals surface area contributed by atoms with Crippen LogP contribution in [0.2, 0.25) is 0 Å². The fourth-order valence-corrected chi connectivity index (χ4v) is 3.21. The molecule has 1 saturated heterocycles. The number of hydrogen-bond acceptors (Lipinski definition) is 3. The van der Waals surface area contributed by atoms with Gasteiger partial charge in [0.2, 0.25) is 0 Å². The lowest BCUT2D eigenvalue weighted by molar-refractivity contribution is 0.0457. The second-order valence-corrected chi connectivity index (χ2v) is 6.07. The number of fused-ring (bicyclic) bond motifs is 2. The van der Waals surface area contributed by atoms with Crippen molar-refractivity contribution < 1.29 is 9.53 Å². The van der Waals surface area contributed by atoms with Crippen LogP contribution in [-0.4, -0.2) is 47.7 Å². The third-order valence-electron chi connectivity index (χ3n) is 4.34. The second-order valence-electron chi connectivity index (χ2n) is 6.07. The van der Waals surface area contributed by atoms with E-state index in [0.29, 0.717) is 6.61 Å². The fraction of sp³-hybridized carbons (Fsp3) is 0.500. The quantitative estimate of drug-likeness (QED) is 0.619. The maximum Gasteiger partial charge on any atom is 0.410 e. The van der Waals surface area contributed by atoms with E-state index in [9.17, 15) is 4.79 Å². The molecule has 0 unspecified atom stereocenters. The van der Waals surface area contributed by atoms with Gasteiger partial charge in [0, 0.05) is 19.6 Å². The van der Waals surface area contributed by atoms with Crippen LogP contribution in [0, 0.1) is 0 Å². The van der Waals surface area contributed by atoms with Gasteiger partial charge in [-0.25, -0.2) is 4.79 Å². The number of rotatable bonds is 5. The summed E-state index contributed by atoms with van der Waals surface area (Å²) in [5.74, 6) is 0. The zero-order valence-electron chi connectivity index (χ0n) is 13.1. The summed E-state index contributed by atoms with van der Waals surface area (Å²) in [6.45, 7) is 5.32. The highest BCUT2D eigenvalue weighted by atomic mass is 16.6. The third-order valence-corrected chi connectivity index (χ3v) is 4.34. The Bertz CT molecular complexity index is 513. The summed E-state index contributed by atoms with van der Waals surface area (Å²) < 4.78 is 5.38. The van der Waals surface area contributed by atoms with Crippen LogP contribution in [0.1, 0.15) is 25.3 Å². The molecule has 0 radical (unpaired) electrons. The molecule has 1 aromatic carbocycles. The Morgan fingerprint density at radius 2 is 1.86 bits per heavy atom. The van der Waals surface area contributed by atoms with Crippen molar-refractivity contribution in [2.24, 2.45) is 0 Å². The smallest absolute Gasteiger partial charge is 0.410 e. The van der Waals surface area contributed by atoms with Crippen LogP contribution in [0.25, 0.3) is 0 Å². The molecule has 4 nitrogen and oxygen atoms in total. The molecular weight excluding hydrogens is 276 g/mol. The van der Waals surface area contributed by atoms with Gasteiger partial charge in [-0.15, -0.1) is 0 Å². The first-order chi connectivity index (χ1) is 10.8. The molecule has 2 heterocycles. The average molecular weight is 300 g/mol. The van der Waals surface area contributed by atoms with Gasteiger partial charge < -0.3 is 4.74 Å². The molecule has 0 saturated carbocycles. The molecule has 2 atom stereocenters. The summed E-state index contributed by atoms with van der Waals surface area (Å²) in [5, 5.41) is 0. The van der Waals surface area contributed by atoms with E-state index in [-0.39, 0.29) is 18.2 Å². The third kappa shape index (κ3) is 3.33. The standard InChI is InChI=1S/C18H24N2O2/c1-2-3-11-22-18(21)20-16-9-10-17(20)14-19(13-16)12-15-7-5-4-6-8-15/h4-10,16-17H,2-3,11-14H2,1H3/t16-,17+. The number of hydrogen-bond donors (Lipinski definition) is 0. The van der Waals surface area contributed by atoms with Gasteiger partial charge in [0.1, 0.15) is 0 Å². The van der Waals surface area contributed by atoms with Gasteiger partial charge in [0.25, 0.3) is 0 Å². The van der Waals surface area contributed by atoms with Crippen molar-refractivity contribution in [1.29, 1.82) is 0 Å². The Morgan fingerprint density at radius 3 is 2.50 bits per heavy atom. The number of carbonyl (C=O) groups is 1. The van der Waals surface area contributed by atoms with E-state index in [0.717, 1.165) is 32.5 Å². The van der Waals surface area contributed by atoms with Crippen LogP contribution in [0.15, 0.2) is 42.5 Å². The summed E-state index contributed by atoms with van der Waals surface area (Å²) in [6.07, 6.45) is 6.12. The molecule has 0 N–H and O–H groups in total. The second kappa shape index (κ2) is 6.97. The molecule has 3 rings (SSSR count). The summed E-state index contributed by atoms with van der Waals surface area (Å²) in [4.78, 5) is 16.6. The van der Waals surface area contributed by atoms with Gasteiger partial charge >= 0.3 is 6.09 Å². The summed E-state index contributed by atoms with van der Waals surface area (Å²) >= 11 is 0. The topological polar surface area (TPSA) is 32.8 Å². The molecule has 1 aromatic rings. The SMILES string of the molecule is CCCCOC(=O)N1[C@@H]2C=C[C@H]1CN(Cc1ccccc1)C2. The van der Waals surface area contributed by atoms with E-state index in [4.69, 9.17) is 4.74 Å². The van der Waals surface area contributed by atoms with E-state index in [1.807, 2.05) is 11.0 Å². The number of ether oxygens (including phenoxy) is 1. The molecule has 2 aliphatic rings. The van der Waals surface area contributed by atoms with Crippen molar-refractivity contribution >= 4 is 6.09 Å². The van der Waals surface area contributed by atoms with Crippen molar-refractivity contribution in [3.8, 4) is 0 Å². The van der Waals surface area contributed by atoms with Gasteiger partial charge in [-0.1, -0.05) is 55.8 Å². The molecule has 0 spiro atoms. The van der Waals surface area contributed by atoms with Crippen LogP contribution >= 0.6 is 0 Å². The Balaban J connectivity index is 1.56. The lowest BCUT2D eigenvalue weighted by Crippen LogP contribution is -2.56. The zero-order chi connectivity index (χ0) is 15.4. The van der Waals surface area contributed by atoms with Crippen molar-refractivity contribution in [2.75, 3.05) is 19.7 Å². The van der Waals surface area contributed by atoms with Crippen LogP contribution in [0.4, 0.5) is 4.79 Å². The van der Waals surface area contributed by atoms with E-state index in [1.54, 1.807) is 0 Å². The highest BCUT2D eigenvalue weighted by molar-refractivity contribution is 5.70. The van der Waals surface area contributed by atoms with Crippen molar-refractivity contribution in [2.45, 2.75) is 38.4 Å². The minimum atomic E-state index is -0.159. The van der Waals surface area contributed by atoms with E-state index in [1.165, 1.54) is 5.56 Å². The first-order valence-corrected chi connectivity index (χ1v) is 8.17. The monoisotopic (exact) mass is 300 g/mol. The number of benzene rings is 1. The molecule has 118 valence electrons. The fourth-order valence-electron chi connectivity index (χ4n) is 3.21. The maximum atomic E-state index is 12.2. The lowest BCUT2D eigenvalue weighted by atomic mass is 10.1. The van der Waals surface area contributed by atoms with Crippen LogP contribution in [0.5, 0.6) is 0 Å². The summed E-state index contributed by atoms with van der Waals surface area (Å²) in [6, 6.07) is 10.8. The van der Waals surface area contributed by atoms with E-state index in [2.05, 4.69) is 48.2 Å². The molecule has 22 heavy (non-hydrogen) atoms. The van der Waals surface area contributed by atoms with E-state index < -0.39 is 0 Å². The molecule has 1 fully saturated rings. The number of nitrogens with zero attached hydrogens (tertiary/aromatic N) is 2. The van der Waals surface area contributed by atoms with Gasteiger partial charge in [-0.3, -0.25) is 9.80 Å². The number of amides is 1. The predicted octanol–water partition coefficient (Wildman–Crippen LogP) is 3.05. The Hall–Kier alpha value is -1.81. The molecule has 4 heteroatoms. The molecule has 2 bridgehead atoms. The average Bonchev–Trinajstić information content (AvgIpc) is 2.80. The predicted molar refractivity (Wildman–Crippen MR) is 86.5 cm³/mol. The molecule has 0 aliphatic carbocycles. The maximum absolute atomic E-state index is 12.2. The largest absolute Gasteiger partial charge is 0.449 e. The van der Waals surface area contributed by atoms with Gasteiger partial charge in [0.15, 0.2) is 0 Å². The Labute approximate surface area is 132 Å². The highest BCUT2D eigenvalue weighted by Crippen LogP contribution is 2.26. The first-order valence-electron chi connectivity index (χ1n) is 8.17. The lowest BCUT2D eigenvalue weighted by Gasteiger charge is -2.40.